The van der Waals surface area contributed by atoms with E-state index < -0.39 is 6.10 Å². The molecule has 90 valence electrons. The molecule has 1 rings (SSSR count). The lowest BCUT2D eigenvalue weighted by Crippen LogP contribution is -2.14. The van der Waals surface area contributed by atoms with Gasteiger partial charge < -0.3 is 10.0 Å². The molecule has 0 aromatic heterocycles. The molecule has 0 fully saturated rings. The van der Waals surface area contributed by atoms with Crippen molar-refractivity contribution in [3.8, 4) is 0 Å². The van der Waals surface area contributed by atoms with Gasteiger partial charge in [0.2, 0.25) is 0 Å². The van der Waals surface area contributed by atoms with E-state index in [4.69, 9.17) is 0 Å². The maximum Gasteiger partial charge on any atom is 0.123 e. The van der Waals surface area contributed by atoms with Crippen LogP contribution >= 0.6 is 11.8 Å². The van der Waals surface area contributed by atoms with E-state index in [1.165, 1.54) is 12.1 Å². The molecule has 16 heavy (non-hydrogen) atoms. The van der Waals surface area contributed by atoms with Gasteiger partial charge in [0.1, 0.15) is 5.82 Å². The molecule has 2 nitrogen and oxygen atoms in total. The standard InChI is InChI=1S/C12H18FNOS/c1-9(15)11-8-10(13)4-5-12(11)16-7-6-14(2)3/h4-5,8-9,15H,6-7H2,1-3H3/t9-/m0/s1. The van der Waals surface area contributed by atoms with Crippen LogP contribution in [-0.2, 0) is 0 Å². The highest BCUT2D eigenvalue weighted by Crippen LogP contribution is 2.28. The summed E-state index contributed by atoms with van der Waals surface area (Å²) in [5.41, 5.74) is 0.670. The van der Waals surface area contributed by atoms with Gasteiger partial charge in [-0.1, -0.05) is 0 Å². The average molecular weight is 243 g/mol. The zero-order valence-corrected chi connectivity index (χ0v) is 10.7. The molecule has 0 amide bonds. The van der Waals surface area contributed by atoms with Gasteiger partial charge in [0.05, 0.1) is 6.10 Å². The third kappa shape index (κ3) is 4.12. The van der Waals surface area contributed by atoms with Crippen molar-refractivity contribution in [1.29, 1.82) is 0 Å². The van der Waals surface area contributed by atoms with Crippen molar-refractivity contribution in [1.82, 2.24) is 4.90 Å². The Kier molecular flexibility index (Phi) is 5.25. The Hall–Kier alpha value is -0.580. The van der Waals surface area contributed by atoms with E-state index in [2.05, 4.69) is 4.90 Å². The highest BCUT2D eigenvalue weighted by molar-refractivity contribution is 7.99. The predicted octanol–water partition coefficient (Wildman–Crippen LogP) is 2.53. The Labute approximate surface area is 100 Å². The summed E-state index contributed by atoms with van der Waals surface area (Å²) < 4.78 is 13.0. The minimum absolute atomic E-state index is 0.298. The molecule has 0 aliphatic heterocycles. The second-order valence-electron chi connectivity index (χ2n) is 4.01. The molecular weight excluding hydrogens is 225 g/mol. The van der Waals surface area contributed by atoms with E-state index in [9.17, 15) is 9.50 Å². The first-order valence-corrected chi connectivity index (χ1v) is 6.24. The summed E-state index contributed by atoms with van der Waals surface area (Å²) >= 11 is 1.64. The number of thioether (sulfide) groups is 1. The third-order valence-electron chi connectivity index (χ3n) is 2.22. The quantitative estimate of drug-likeness (QED) is 0.804. The fraction of sp³-hybridized carbons (Fsp3) is 0.500. The summed E-state index contributed by atoms with van der Waals surface area (Å²) in [6, 6.07) is 4.57. The van der Waals surface area contributed by atoms with Crippen LogP contribution in [0.1, 0.15) is 18.6 Å². The van der Waals surface area contributed by atoms with Crippen molar-refractivity contribution in [2.75, 3.05) is 26.4 Å². The zero-order valence-electron chi connectivity index (χ0n) is 9.90. The van der Waals surface area contributed by atoms with Crippen LogP contribution in [0.15, 0.2) is 23.1 Å². The van der Waals surface area contributed by atoms with Crippen molar-refractivity contribution in [2.24, 2.45) is 0 Å². The van der Waals surface area contributed by atoms with Crippen molar-refractivity contribution in [3.63, 3.8) is 0 Å². The Morgan fingerprint density at radius 3 is 2.69 bits per heavy atom. The fourth-order valence-electron chi connectivity index (χ4n) is 1.32. The lowest BCUT2D eigenvalue weighted by atomic mass is 10.1. The number of benzene rings is 1. The number of hydrogen-bond donors (Lipinski definition) is 1. The van der Waals surface area contributed by atoms with Gasteiger partial charge in [-0.05, 0) is 44.8 Å². The number of hydrogen-bond acceptors (Lipinski definition) is 3. The summed E-state index contributed by atoms with van der Waals surface area (Å²) in [5.74, 6) is 0.631. The number of aliphatic hydroxyl groups excluding tert-OH is 1. The van der Waals surface area contributed by atoms with Crippen molar-refractivity contribution in [3.05, 3.63) is 29.6 Å². The molecule has 0 radical (unpaired) electrons. The van der Waals surface area contributed by atoms with Crippen LogP contribution < -0.4 is 0 Å². The van der Waals surface area contributed by atoms with Gasteiger partial charge in [0.15, 0.2) is 0 Å². The highest BCUT2D eigenvalue weighted by Gasteiger charge is 2.09. The Morgan fingerprint density at radius 1 is 1.44 bits per heavy atom. The minimum Gasteiger partial charge on any atom is -0.389 e. The summed E-state index contributed by atoms with van der Waals surface area (Å²) in [5, 5.41) is 9.55. The van der Waals surface area contributed by atoms with Gasteiger partial charge >= 0.3 is 0 Å². The average Bonchev–Trinajstić information content (AvgIpc) is 2.19. The Bertz CT molecular complexity index is 342. The first-order valence-electron chi connectivity index (χ1n) is 5.25. The smallest absolute Gasteiger partial charge is 0.123 e. The summed E-state index contributed by atoms with van der Waals surface area (Å²) in [4.78, 5) is 3.05. The molecule has 4 heteroatoms. The third-order valence-corrected chi connectivity index (χ3v) is 3.29. The largest absolute Gasteiger partial charge is 0.389 e. The highest BCUT2D eigenvalue weighted by atomic mass is 32.2. The lowest BCUT2D eigenvalue weighted by Gasteiger charge is -2.13. The number of rotatable bonds is 5. The number of nitrogens with zero attached hydrogens (tertiary/aromatic N) is 1. The monoisotopic (exact) mass is 243 g/mol. The van der Waals surface area contributed by atoms with E-state index >= 15 is 0 Å². The SMILES string of the molecule is C[C@H](O)c1cc(F)ccc1SCCN(C)C. The zero-order chi connectivity index (χ0) is 12.1. The molecule has 0 saturated carbocycles. The second kappa shape index (κ2) is 6.23. The molecule has 0 spiro atoms. The molecule has 1 atom stereocenters. The first kappa shape index (κ1) is 13.5. The first-order chi connectivity index (χ1) is 7.50. The Balaban J connectivity index is 2.71. The molecule has 1 N–H and O–H groups in total. The lowest BCUT2D eigenvalue weighted by molar-refractivity contribution is 0.196. The van der Waals surface area contributed by atoms with Crippen LogP contribution in [0.25, 0.3) is 0 Å². The molecular formula is C12H18FNOS. The van der Waals surface area contributed by atoms with Gasteiger partial charge in [-0.3, -0.25) is 0 Å². The van der Waals surface area contributed by atoms with Gasteiger partial charge in [0.25, 0.3) is 0 Å². The Morgan fingerprint density at radius 2 is 2.12 bits per heavy atom. The predicted molar refractivity (Wildman–Crippen MR) is 66.3 cm³/mol. The van der Waals surface area contributed by atoms with E-state index in [-0.39, 0.29) is 5.82 Å². The molecule has 0 aliphatic rings. The van der Waals surface area contributed by atoms with Crippen LogP contribution in [0.3, 0.4) is 0 Å². The minimum atomic E-state index is -0.627. The maximum absolute atomic E-state index is 13.0. The van der Waals surface area contributed by atoms with Crippen LogP contribution in [0, 0.1) is 5.82 Å². The van der Waals surface area contributed by atoms with Crippen LogP contribution in [0.2, 0.25) is 0 Å². The summed E-state index contributed by atoms with van der Waals surface area (Å²) in [6.45, 7) is 2.62. The maximum atomic E-state index is 13.0. The van der Waals surface area contributed by atoms with Crippen LogP contribution in [0.4, 0.5) is 4.39 Å². The molecule has 0 heterocycles. The van der Waals surface area contributed by atoms with Crippen molar-refractivity contribution < 1.29 is 9.50 Å². The van der Waals surface area contributed by atoms with Crippen LogP contribution in [0.5, 0.6) is 0 Å². The van der Waals surface area contributed by atoms with Gasteiger partial charge in [-0.2, -0.15) is 0 Å². The van der Waals surface area contributed by atoms with Gasteiger partial charge in [-0.25, -0.2) is 4.39 Å². The van der Waals surface area contributed by atoms with Crippen molar-refractivity contribution in [2.45, 2.75) is 17.9 Å². The van der Waals surface area contributed by atoms with Crippen LogP contribution in [-0.4, -0.2) is 36.4 Å². The molecule has 0 saturated heterocycles. The fourth-order valence-corrected chi connectivity index (χ4v) is 2.55. The van der Waals surface area contributed by atoms with E-state index in [1.807, 2.05) is 14.1 Å². The topological polar surface area (TPSA) is 23.5 Å². The van der Waals surface area contributed by atoms with E-state index in [0.717, 1.165) is 17.2 Å². The number of halogens is 1. The summed E-state index contributed by atoms with van der Waals surface area (Å²) in [7, 11) is 4.03. The molecule has 1 aromatic rings. The van der Waals surface area contributed by atoms with Crippen molar-refractivity contribution >= 4 is 11.8 Å². The summed E-state index contributed by atoms with van der Waals surface area (Å²) in [6.07, 6.45) is -0.627. The number of aliphatic hydroxyl groups is 1. The molecule has 0 bridgehead atoms. The molecule has 1 aromatic carbocycles. The van der Waals surface area contributed by atoms with E-state index in [0.29, 0.717) is 5.56 Å². The van der Waals surface area contributed by atoms with E-state index in [1.54, 1.807) is 24.8 Å². The second-order valence-corrected chi connectivity index (χ2v) is 5.15. The molecule has 0 aliphatic carbocycles. The molecule has 0 unspecified atom stereocenters. The normalized spacial score (nSPS) is 13.1. The van der Waals surface area contributed by atoms with Gasteiger partial charge in [-0.15, -0.1) is 11.8 Å². The van der Waals surface area contributed by atoms with Gasteiger partial charge in [0, 0.05) is 17.2 Å².